The first-order valence-electron chi connectivity index (χ1n) is 9.96. The summed E-state index contributed by atoms with van der Waals surface area (Å²) in [7, 11) is 0. The highest BCUT2D eigenvalue weighted by atomic mass is 35.5. The highest BCUT2D eigenvalue weighted by Gasteiger charge is 2.21. The van der Waals surface area contributed by atoms with E-state index in [-0.39, 0.29) is 5.91 Å². The third-order valence-electron chi connectivity index (χ3n) is 5.13. The fraction of sp³-hybridized carbons (Fsp3) is 0.160. The molecular formula is C25H22Cl2N2O2. The van der Waals surface area contributed by atoms with Gasteiger partial charge in [-0.25, -0.2) is 0 Å². The van der Waals surface area contributed by atoms with Crippen molar-refractivity contribution in [1.82, 2.24) is 9.47 Å². The molecule has 0 aliphatic rings. The number of hydrogen-bond donors (Lipinski definition) is 0. The van der Waals surface area contributed by atoms with Gasteiger partial charge in [-0.2, -0.15) is 0 Å². The largest absolute Gasteiger partial charge is 0.467 e. The lowest BCUT2D eigenvalue weighted by molar-refractivity contribution is 0.0714. The molecule has 0 unspecified atom stereocenters. The summed E-state index contributed by atoms with van der Waals surface area (Å²) in [6, 6.07) is 21.1. The molecule has 2 heterocycles. The van der Waals surface area contributed by atoms with Gasteiger partial charge in [0.15, 0.2) is 0 Å². The average Bonchev–Trinajstić information content (AvgIpc) is 3.41. The van der Waals surface area contributed by atoms with Gasteiger partial charge < -0.3 is 13.9 Å². The minimum atomic E-state index is -0.179. The Morgan fingerprint density at radius 1 is 1.00 bits per heavy atom. The van der Waals surface area contributed by atoms with Crippen LogP contribution in [0.4, 0.5) is 0 Å². The van der Waals surface area contributed by atoms with Crippen LogP contribution in [0.3, 0.4) is 0 Å². The van der Waals surface area contributed by atoms with Crippen LogP contribution in [0.15, 0.2) is 83.6 Å². The van der Waals surface area contributed by atoms with E-state index >= 15 is 0 Å². The fourth-order valence-corrected chi connectivity index (χ4v) is 3.95. The lowest BCUT2D eigenvalue weighted by Crippen LogP contribution is -2.31. The zero-order chi connectivity index (χ0) is 21.8. The van der Waals surface area contributed by atoms with E-state index in [1.165, 1.54) is 11.1 Å². The molecule has 0 saturated carbocycles. The van der Waals surface area contributed by atoms with Crippen LogP contribution < -0.4 is 0 Å². The maximum absolute atomic E-state index is 13.4. The van der Waals surface area contributed by atoms with E-state index < -0.39 is 0 Å². The van der Waals surface area contributed by atoms with Crippen LogP contribution in [0.1, 0.15) is 32.9 Å². The van der Waals surface area contributed by atoms with Crippen LogP contribution in [0.5, 0.6) is 0 Å². The Balaban J connectivity index is 1.60. The number of rotatable bonds is 7. The number of carbonyl (C=O) groups excluding carboxylic acids is 1. The molecule has 0 N–H and O–H groups in total. The second-order valence-corrected chi connectivity index (χ2v) is 8.32. The van der Waals surface area contributed by atoms with Gasteiger partial charge >= 0.3 is 0 Å². The molecule has 2 aromatic carbocycles. The predicted octanol–water partition coefficient (Wildman–Crippen LogP) is 6.59. The summed E-state index contributed by atoms with van der Waals surface area (Å²) in [5.74, 6) is 0.524. The van der Waals surface area contributed by atoms with E-state index in [1.807, 2.05) is 30.5 Å². The Morgan fingerprint density at radius 3 is 2.52 bits per heavy atom. The summed E-state index contributed by atoms with van der Waals surface area (Å²) in [5.41, 5.74) is 3.86. The maximum Gasteiger partial charge on any atom is 0.256 e. The molecule has 6 heteroatoms. The zero-order valence-corrected chi connectivity index (χ0v) is 18.6. The van der Waals surface area contributed by atoms with Gasteiger partial charge in [-0.05, 0) is 55.0 Å². The first-order valence-corrected chi connectivity index (χ1v) is 10.7. The molecule has 4 aromatic rings. The van der Waals surface area contributed by atoms with Crippen LogP contribution in [0.25, 0.3) is 0 Å². The maximum atomic E-state index is 13.4. The fourth-order valence-electron chi connectivity index (χ4n) is 3.46. The lowest BCUT2D eigenvalue weighted by Gasteiger charge is -2.23. The van der Waals surface area contributed by atoms with Gasteiger partial charge in [0.25, 0.3) is 5.91 Å². The van der Waals surface area contributed by atoms with Gasteiger partial charge in [0.05, 0.1) is 29.9 Å². The summed E-state index contributed by atoms with van der Waals surface area (Å²) in [6.45, 7) is 3.55. The summed E-state index contributed by atoms with van der Waals surface area (Å²) >= 11 is 12.3. The number of benzene rings is 2. The van der Waals surface area contributed by atoms with Crippen molar-refractivity contribution in [1.29, 1.82) is 0 Å². The molecular weight excluding hydrogens is 431 g/mol. The van der Waals surface area contributed by atoms with Gasteiger partial charge in [0.2, 0.25) is 0 Å². The van der Waals surface area contributed by atoms with E-state index in [9.17, 15) is 4.79 Å². The number of carbonyl (C=O) groups is 1. The molecule has 158 valence electrons. The standard InChI is InChI=1S/C25H22Cl2N2O2/c1-18-6-8-19(9-7-18)15-28-12-2-4-21(28)16-29(17-22-5-3-13-31-22)25(30)23-11-10-20(26)14-24(23)27/h2-14H,15-17H2,1H3. The molecule has 0 saturated heterocycles. The smallest absolute Gasteiger partial charge is 0.256 e. The Kier molecular flexibility index (Phi) is 6.50. The van der Waals surface area contributed by atoms with Crippen LogP contribution >= 0.6 is 23.2 Å². The third-order valence-corrected chi connectivity index (χ3v) is 5.67. The number of aromatic nitrogens is 1. The molecule has 0 bridgehead atoms. The number of aryl methyl sites for hydroxylation is 1. The topological polar surface area (TPSA) is 38.4 Å². The number of halogens is 2. The SMILES string of the molecule is Cc1ccc(Cn2cccc2CN(Cc2ccco2)C(=O)c2ccc(Cl)cc2Cl)cc1. The van der Waals surface area contributed by atoms with E-state index in [0.717, 1.165) is 12.2 Å². The van der Waals surface area contributed by atoms with E-state index in [0.29, 0.717) is 34.5 Å². The number of furan rings is 1. The highest BCUT2D eigenvalue weighted by Crippen LogP contribution is 2.24. The predicted molar refractivity (Wildman–Crippen MR) is 123 cm³/mol. The van der Waals surface area contributed by atoms with Crippen molar-refractivity contribution in [2.75, 3.05) is 0 Å². The minimum Gasteiger partial charge on any atom is -0.467 e. The Bertz CT molecular complexity index is 1160. The van der Waals surface area contributed by atoms with Crippen LogP contribution in [0, 0.1) is 6.92 Å². The van der Waals surface area contributed by atoms with Crippen molar-refractivity contribution in [3.63, 3.8) is 0 Å². The van der Waals surface area contributed by atoms with E-state index in [1.54, 1.807) is 29.4 Å². The molecule has 0 aliphatic heterocycles. The minimum absolute atomic E-state index is 0.179. The molecule has 2 aromatic heterocycles. The zero-order valence-electron chi connectivity index (χ0n) is 17.1. The Labute approximate surface area is 191 Å². The second-order valence-electron chi connectivity index (χ2n) is 7.48. The molecule has 0 atom stereocenters. The molecule has 0 spiro atoms. The van der Waals surface area contributed by atoms with Crippen LogP contribution in [-0.4, -0.2) is 15.4 Å². The summed E-state index contributed by atoms with van der Waals surface area (Å²) in [6.07, 6.45) is 3.63. The first-order chi connectivity index (χ1) is 15.0. The van der Waals surface area contributed by atoms with Crippen LogP contribution in [-0.2, 0) is 19.6 Å². The van der Waals surface area contributed by atoms with E-state index in [4.69, 9.17) is 27.6 Å². The number of hydrogen-bond acceptors (Lipinski definition) is 2. The van der Waals surface area contributed by atoms with Crippen molar-refractivity contribution >= 4 is 29.1 Å². The average molecular weight is 453 g/mol. The van der Waals surface area contributed by atoms with Crippen molar-refractivity contribution in [3.8, 4) is 0 Å². The third kappa shape index (κ3) is 5.22. The molecule has 0 fully saturated rings. The molecule has 0 radical (unpaired) electrons. The van der Waals surface area contributed by atoms with Gasteiger partial charge in [-0.3, -0.25) is 4.79 Å². The van der Waals surface area contributed by atoms with E-state index in [2.05, 4.69) is 35.8 Å². The summed E-state index contributed by atoms with van der Waals surface area (Å²) < 4.78 is 7.65. The van der Waals surface area contributed by atoms with Gasteiger partial charge in [-0.1, -0.05) is 53.0 Å². The number of amides is 1. The summed E-state index contributed by atoms with van der Waals surface area (Å²) in [5, 5.41) is 0.822. The molecule has 31 heavy (non-hydrogen) atoms. The monoisotopic (exact) mass is 452 g/mol. The van der Waals surface area contributed by atoms with Crippen molar-refractivity contribution in [2.24, 2.45) is 0 Å². The highest BCUT2D eigenvalue weighted by molar-refractivity contribution is 6.36. The lowest BCUT2D eigenvalue weighted by atomic mass is 10.1. The van der Waals surface area contributed by atoms with Gasteiger partial charge in [0, 0.05) is 23.5 Å². The first kappa shape index (κ1) is 21.3. The van der Waals surface area contributed by atoms with Gasteiger partial charge in [0.1, 0.15) is 5.76 Å². The molecule has 4 nitrogen and oxygen atoms in total. The second kappa shape index (κ2) is 9.46. The molecule has 0 aliphatic carbocycles. The van der Waals surface area contributed by atoms with Crippen molar-refractivity contribution < 1.29 is 9.21 Å². The van der Waals surface area contributed by atoms with Gasteiger partial charge in [-0.15, -0.1) is 0 Å². The van der Waals surface area contributed by atoms with Crippen LogP contribution in [0.2, 0.25) is 10.0 Å². The van der Waals surface area contributed by atoms with Crippen molar-refractivity contribution in [2.45, 2.75) is 26.6 Å². The Hall–Kier alpha value is -2.95. The Morgan fingerprint density at radius 2 is 1.81 bits per heavy atom. The molecule has 4 rings (SSSR count). The van der Waals surface area contributed by atoms with Crippen molar-refractivity contribution in [3.05, 3.63) is 117 Å². The quantitative estimate of drug-likeness (QED) is 0.317. The summed E-state index contributed by atoms with van der Waals surface area (Å²) in [4.78, 5) is 15.1. The number of nitrogens with zero attached hydrogens (tertiary/aromatic N) is 2. The molecule has 1 amide bonds. The normalized spacial score (nSPS) is 10.9.